The van der Waals surface area contributed by atoms with Gasteiger partial charge in [0.25, 0.3) is 0 Å². The molecule has 2 aromatic heterocycles. The quantitative estimate of drug-likeness (QED) is 0.593. The van der Waals surface area contributed by atoms with Gasteiger partial charge in [-0.15, -0.1) is 10.2 Å². The van der Waals surface area contributed by atoms with Crippen LogP contribution in [0.25, 0.3) is 11.4 Å². The van der Waals surface area contributed by atoms with E-state index in [4.69, 9.17) is 10.3 Å². The van der Waals surface area contributed by atoms with Crippen molar-refractivity contribution in [2.24, 2.45) is 5.92 Å². The van der Waals surface area contributed by atoms with Crippen molar-refractivity contribution < 1.29 is 9.21 Å². The molecule has 23 heavy (non-hydrogen) atoms. The standard InChI is InChI=1S/C15H23N5O2S/c1-9(2)5-7-17-14(21)11(4)23-15-19-18-13(20(15)16)12-6-8-22-10(12)3/h6,8-9,11H,5,7,16H2,1-4H3,(H,17,21). The first kappa shape index (κ1) is 17.4. The van der Waals surface area contributed by atoms with E-state index in [1.165, 1.54) is 16.4 Å². The van der Waals surface area contributed by atoms with E-state index in [1.807, 2.05) is 13.8 Å². The molecule has 0 aliphatic carbocycles. The van der Waals surface area contributed by atoms with Crippen LogP contribution in [0.15, 0.2) is 21.9 Å². The molecule has 0 radical (unpaired) electrons. The third kappa shape index (κ3) is 4.28. The predicted octanol–water partition coefficient (Wildman–Crippen LogP) is 2.20. The van der Waals surface area contributed by atoms with E-state index < -0.39 is 0 Å². The maximum absolute atomic E-state index is 12.1. The third-order valence-electron chi connectivity index (χ3n) is 3.44. The Balaban J connectivity index is 1.99. The molecule has 0 aromatic carbocycles. The van der Waals surface area contributed by atoms with Crippen LogP contribution >= 0.6 is 11.8 Å². The van der Waals surface area contributed by atoms with E-state index in [0.29, 0.717) is 23.4 Å². The molecule has 2 rings (SSSR count). The number of nitrogens with one attached hydrogen (secondary N) is 1. The number of hydrogen-bond donors (Lipinski definition) is 2. The van der Waals surface area contributed by atoms with Crippen LogP contribution in [-0.4, -0.2) is 32.6 Å². The lowest BCUT2D eigenvalue weighted by atomic mass is 10.1. The smallest absolute Gasteiger partial charge is 0.233 e. The van der Waals surface area contributed by atoms with E-state index in [-0.39, 0.29) is 11.2 Å². The maximum atomic E-state index is 12.1. The highest BCUT2D eigenvalue weighted by molar-refractivity contribution is 8.00. The summed E-state index contributed by atoms with van der Waals surface area (Å²) >= 11 is 1.28. The summed E-state index contributed by atoms with van der Waals surface area (Å²) < 4.78 is 6.65. The van der Waals surface area contributed by atoms with Gasteiger partial charge in [0.15, 0.2) is 5.82 Å². The Labute approximate surface area is 140 Å². The molecule has 1 unspecified atom stereocenters. The summed E-state index contributed by atoms with van der Waals surface area (Å²) in [5.41, 5.74) is 0.792. The molecule has 8 heteroatoms. The van der Waals surface area contributed by atoms with Crippen molar-refractivity contribution in [2.75, 3.05) is 12.4 Å². The lowest BCUT2D eigenvalue weighted by molar-refractivity contribution is -0.120. The monoisotopic (exact) mass is 337 g/mol. The van der Waals surface area contributed by atoms with Crippen LogP contribution in [0.2, 0.25) is 0 Å². The van der Waals surface area contributed by atoms with E-state index >= 15 is 0 Å². The third-order valence-corrected chi connectivity index (χ3v) is 4.49. The number of amides is 1. The molecular weight excluding hydrogens is 314 g/mol. The molecule has 0 saturated heterocycles. The van der Waals surface area contributed by atoms with Gasteiger partial charge in [-0.25, -0.2) is 4.68 Å². The van der Waals surface area contributed by atoms with Crippen molar-refractivity contribution in [3.8, 4) is 11.4 Å². The molecule has 0 spiro atoms. The minimum atomic E-state index is -0.299. The predicted molar refractivity (Wildman–Crippen MR) is 90.4 cm³/mol. The molecule has 0 saturated carbocycles. The van der Waals surface area contributed by atoms with Gasteiger partial charge in [-0.05, 0) is 32.3 Å². The average Bonchev–Trinajstić information content (AvgIpc) is 3.05. The zero-order valence-electron chi connectivity index (χ0n) is 13.9. The molecule has 2 heterocycles. The Morgan fingerprint density at radius 1 is 1.43 bits per heavy atom. The van der Waals surface area contributed by atoms with E-state index in [9.17, 15) is 4.79 Å². The van der Waals surface area contributed by atoms with Crippen LogP contribution in [0.1, 0.15) is 33.0 Å². The number of aromatic nitrogens is 3. The number of nitrogens with two attached hydrogens (primary N) is 1. The Morgan fingerprint density at radius 2 is 2.17 bits per heavy atom. The van der Waals surface area contributed by atoms with E-state index in [1.54, 1.807) is 12.3 Å². The summed E-state index contributed by atoms with van der Waals surface area (Å²) in [4.78, 5) is 12.1. The first-order chi connectivity index (χ1) is 10.9. The molecule has 0 aliphatic heterocycles. The lowest BCUT2D eigenvalue weighted by Crippen LogP contribution is -2.32. The molecule has 0 aliphatic rings. The summed E-state index contributed by atoms with van der Waals surface area (Å²) in [6.07, 6.45) is 2.54. The van der Waals surface area contributed by atoms with Crippen molar-refractivity contribution in [3.63, 3.8) is 0 Å². The Hall–Kier alpha value is -1.96. The molecule has 0 fully saturated rings. The Kier molecular flexibility index (Phi) is 5.70. The summed E-state index contributed by atoms with van der Waals surface area (Å²) in [6, 6.07) is 1.79. The largest absolute Gasteiger partial charge is 0.469 e. The normalized spacial score (nSPS) is 12.6. The van der Waals surface area contributed by atoms with Gasteiger partial charge >= 0.3 is 0 Å². The zero-order chi connectivity index (χ0) is 17.0. The number of nitrogens with zero attached hydrogens (tertiary/aromatic N) is 3. The second kappa shape index (κ2) is 7.54. The number of furan rings is 1. The minimum Gasteiger partial charge on any atom is -0.469 e. The molecule has 2 aromatic rings. The number of rotatable bonds is 7. The van der Waals surface area contributed by atoms with Crippen LogP contribution < -0.4 is 11.2 Å². The second-order valence-electron chi connectivity index (χ2n) is 5.80. The summed E-state index contributed by atoms with van der Waals surface area (Å²) in [5, 5.41) is 11.3. The molecule has 1 atom stereocenters. The van der Waals surface area contributed by atoms with Crippen molar-refractivity contribution in [1.29, 1.82) is 0 Å². The van der Waals surface area contributed by atoms with E-state index in [2.05, 4.69) is 29.4 Å². The van der Waals surface area contributed by atoms with Crippen LogP contribution in [0, 0.1) is 12.8 Å². The second-order valence-corrected chi connectivity index (χ2v) is 7.11. The van der Waals surface area contributed by atoms with Crippen LogP contribution in [-0.2, 0) is 4.79 Å². The number of aryl methyl sites for hydroxylation is 1. The first-order valence-electron chi connectivity index (χ1n) is 7.59. The van der Waals surface area contributed by atoms with E-state index in [0.717, 1.165) is 17.7 Å². The number of carbonyl (C=O) groups is 1. The van der Waals surface area contributed by atoms with Crippen molar-refractivity contribution in [2.45, 2.75) is 44.5 Å². The van der Waals surface area contributed by atoms with Gasteiger partial charge in [0.1, 0.15) is 5.76 Å². The average molecular weight is 337 g/mol. The molecule has 0 bridgehead atoms. The molecular formula is C15H23N5O2S. The minimum absolute atomic E-state index is 0.0281. The maximum Gasteiger partial charge on any atom is 0.233 e. The van der Waals surface area contributed by atoms with Crippen LogP contribution in [0.5, 0.6) is 0 Å². The van der Waals surface area contributed by atoms with Gasteiger partial charge in [0, 0.05) is 6.54 Å². The van der Waals surface area contributed by atoms with Gasteiger partial charge in [-0.2, -0.15) is 0 Å². The highest BCUT2D eigenvalue weighted by Crippen LogP contribution is 2.26. The van der Waals surface area contributed by atoms with Crippen molar-refractivity contribution in [1.82, 2.24) is 20.2 Å². The molecule has 7 nitrogen and oxygen atoms in total. The van der Waals surface area contributed by atoms with Gasteiger partial charge in [-0.1, -0.05) is 25.6 Å². The Morgan fingerprint density at radius 3 is 2.78 bits per heavy atom. The molecule has 1 amide bonds. The SMILES string of the molecule is Cc1occc1-c1nnc(SC(C)C(=O)NCCC(C)C)n1N. The lowest BCUT2D eigenvalue weighted by Gasteiger charge is -2.12. The number of hydrogen-bond acceptors (Lipinski definition) is 6. The Bertz CT molecular complexity index is 665. The first-order valence-corrected chi connectivity index (χ1v) is 8.47. The fourth-order valence-electron chi connectivity index (χ4n) is 2.00. The molecule has 3 N–H and O–H groups in total. The fraction of sp³-hybridized carbons (Fsp3) is 0.533. The van der Waals surface area contributed by atoms with Crippen molar-refractivity contribution >= 4 is 17.7 Å². The summed E-state index contributed by atoms with van der Waals surface area (Å²) in [5.74, 6) is 7.82. The van der Waals surface area contributed by atoms with Gasteiger partial charge in [-0.3, -0.25) is 4.79 Å². The highest BCUT2D eigenvalue weighted by atomic mass is 32.2. The zero-order valence-corrected chi connectivity index (χ0v) is 14.7. The number of carbonyl (C=O) groups excluding carboxylic acids is 1. The fourth-order valence-corrected chi connectivity index (χ4v) is 2.79. The van der Waals surface area contributed by atoms with Crippen LogP contribution in [0.3, 0.4) is 0 Å². The summed E-state index contributed by atoms with van der Waals surface area (Å²) in [7, 11) is 0. The van der Waals surface area contributed by atoms with Gasteiger partial charge in [0.05, 0.1) is 17.1 Å². The number of thioether (sulfide) groups is 1. The summed E-state index contributed by atoms with van der Waals surface area (Å²) in [6.45, 7) is 8.59. The highest BCUT2D eigenvalue weighted by Gasteiger charge is 2.20. The van der Waals surface area contributed by atoms with Gasteiger partial charge in [0.2, 0.25) is 11.1 Å². The number of nitrogen functional groups attached to an aromatic ring is 1. The van der Waals surface area contributed by atoms with Crippen molar-refractivity contribution in [3.05, 3.63) is 18.1 Å². The van der Waals surface area contributed by atoms with Gasteiger partial charge < -0.3 is 15.6 Å². The van der Waals surface area contributed by atoms with Crippen LogP contribution in [0.4, 0.5) is 0 Å². The topological polar surface area (TPSA) is 99.0 Å². The molecule has 126 valence electrons.